The van der Waals surface area contributed by atoms with Crippen molar-refractivity contribution in [1.82, 2.24) is 4.90 Å². The highest BCUT2D eigenvalue weighted by atomic mass is 16.3. The number of aliphatic hydroxyl groups excluding tert-OH is 1. The molecule has 1 N–H and O–H groups in total. The van der Waals surface area contributed by atoms with E-state index in [4.69, 9.17) is 0 Å². The molecule has 0 aromatic heterocycles. The quantitative estimate of drug-likeness (QED) is 0.635. The fraction of sp³-hybridized carbons (Fsp3) is 0.423. The highest BCUT2D eigenvalue weighted by Gasteiger charge is 2.45. The van der Waals surface area contributed by atoms with Crippen LogP contribution in [-0.4, -0.2) is 40.3 Å². The van der Waals surface area contributed by atoms with Gasteiger partial charge in [-0.05, 0) is 61.1 Å². The predicted octanol–water partition coefficient (Wildman–Crippen LogP) is 4.75. The molecular weight excluding hydrogens is 404 g/mol. The summed E-state index contributed by atoms with van der Waals surface area (Å²) in [6.07, 6.45) is 1.26. The summed E-state index contributed by atoms with van der Waals surface area (Å²) in [6, 6.07) is 10.7. The van der Waals surface area contributed by atoms with Crippen molar-refractivity contribution >= 4 is 23.4 Å². The van der Waals surface area contributed by atoms with Gasteiger partial charge in [0.2, 0.25) is 0 Å². The second-order valence-electron chi connectivity index (χ2n) is 8.97. The lowest BCUT2D eigenvalue weighted by atomic mass is 9.93. The number of carbonyl (C=O) groups is 3. The SMILES string of the molecule is CCC(C)(CC)N1C(=O)c2cc(CO)c(C(=O)N(C)c3ccc(C(C)C)cc3)cc2C1=O. The van der Waals surface area contributed by atoms with Crippen LogP contribution in [0.1, 0.15) is 95.6 Å². The maximum absolute atomic E-state index is 13.3. The molecule has 0 bridgehead atoms. The van der Waals surface area contributed by atoms with Crippen molar-refractivity contribution in [2.24, 2.45) is 0 Å². The fourth-order valence-corrected chi connectivity index (χ4v) is 4.10. The van der Waals surface area contributed by atoms with Gasteiger partial charge in [0.15, 0.2) is 0 Å². The smallest absolute Gasteiger partial charge is 0.262 e. The van der Waals surface area contributed by atoms with Gasteiger partial charge in [-0.1, -0.05) is 39.8 Å². The number of benzene rings is 2. The molecule has 0 fully saturated rings. The molecule has 0 aliphatic carbocycles. The average Bonchev–Trinajstić information content (AvgIpc) is 3.06. The van der Waals surface area contributed by atoms with Gasteiger partial charge in [-0.3, -0.25) is 19.3 Å². The Hall–Kier alpha value is -2.99. The van der Waals surface area contributed by atoms with Crippen LogP contribution in [0.5, 0.6) is 0 Å². The number of amides is 3. The number of hydrogen-bond acceptors (Lipinski definition) is 4. The van der Waals surface area contributed by atoms with Gasteiger partial charge in [0.05, 0.1) is 17.7 Å². The van der Waals surface area contributed by atoms with E-state index in [1.54, 1.807) is 7.05 Å². The molecule has 0 unspecified atom stereocenters. The van der Waals surface area contributed by atoms with E-state index >= 15 is 0 Å². The largest absolute Gasteiger partial charge is 0.392 e. The van der Waals surface area contributed by atoms with E-state index in [0.717, 1.165) is 0 Å². The third-order valence-corrected chi connectivity index (χ3v) is 6.83. The number of nitrogens with zero attached hydrogens (tertiary/aromatic N) is 2. The predicted molar refractivity (Wildman–Crippen MR) is 125 cm³/mol. The molecule has 0 saturated heterocycles. The number of imide groups is 1. The van der Waals surface area contributed by atoms with Crippen molar-refractivity contribution in [3.63, 3.8) is 0 Å². The summed E-state index contributed by atoms with van der Waals surface area (Å²) in [6.45, 7) is 9.58. The Bertz CT molecular complexity index is 1050. The molecule has 1 heterocycles. The zero-order valence-corrected chi connectivity index (χ0v) is 19.7. The summed E-state index contributed by atoms with van der Waals surface area (Å²) in [7, 11) is 1.66. The maximum Gasteiger partial charge on any atom is 0.262 e. The Morgan fingerprint density at radius 1 is 1.03 bits per heavy atom. The molecule has 32 heavy (non-hydrogen) atoms. The number of carbonyl (C=O) groups excluding carboxylic acids is 3. The van der Waals surface area contributed by atoms with Crippen LogP contribution >= 0.6 is 0 Å². The zero-order valence-electron chi connectivity index (χ0n) is 19.7. The van der Waals surface area contributed by atoms with Gasteiger partial charge < -0.3 is 10.0 Å². The topological polar surface area (TPSA) is 77.9 Å². The molecule has 1 aliphatic heterocycles. The molecule has 2 aromatic rings. The lowest BCUT2D eigenvalue weighted by molar-refractivity contribution is 0.0434. The van der Waals surface area contributed by atoms with Gasteiger partial charge in [0.25, 0.3) is 17.7 Å². The summed E-state index contributed by atoms with van der Waals surface area (Å²) in [5.74, 6) is -0.728. The van der Waals surface area contributed by atoms with Gasteiger partial charge in [0.1, 0.15) is 0 Å². The van der Waals surface area contributed by atoms with E-state index in [1.165, 1.54) is 27.5 Å². The molecule has 0 atom stereocenters. The Kier molecular flexibility index (Phi) is 6.56. The van der Waals surface area contributed by atoms with Gasteiger partial charge in [-0.15, -0.1) is 0 Å². The first-order valence-corrected chi connectivity index (χ1v) is 11.1. The minimum atomic E-state index is -0.605. The molecule has 0 spiro atoms. The number of hydrogen-bond donors (Lipinski definition) is 1. The number of fused-ring (bicyclic) bond motifs is 1. The Labute approximate surface area is 189 Å². The third-order valence-electron chi connectivity index (χ3n) is 6.83. The fourth-order valence-electron chi connectivity index (χ4n) is 4.10. The Morgan fingerprint density at radius 3 is 2.03 bits per heavy atom. The number of aliphatic hydroxyl groups is 1. The lowest BCUT2D eigenvalue weighted by Gasteiger charge is -2.35. The van der Waals surface area contributed by atoms with E-state index in [9.17, 15) is 19.5 Å². The van der Waals surface area contributed by atoms with Gasteiger partial charge in [-0.2, -0.15) is 0 Å². The average molecular weight is 437 g/mol. The molecule has 2 aromatic carbocycles. The van der Waals surface area contributed by atoms with E-state index in [0.29, 0.717) is 30.0 Å². The second-order valence-corrected chi connectivity index (χ2v) is 8.97. The summed E-state index contributed by atoms with van der Waals surface area (Å²) >= 11 is 0. The van der Waals surface area contributed by atoms with E-state index in [1.807, 2.05) is 45.0 Å². The van der Waals surface area contributed by atoms with Crippen molar-refractivity contribution in [3.05, 3.63) is 64.2 Å². The summed E-state index contributed by atoms with van der Waals surface area (Å²) < 4.78 is 0. The molecule has 0 saturated carbocycles. The van der Waals surface area contributed by atoms with Crippen LogP contribution in [0.4, 0.5) is 5.69 Å². The van der Waals surface area contributed by atoms with Crippen LogP contribution in [0, 0.1) is 0 Å². The summed E-state index contributed by atoms with van der Waals surface area (Å²) in [5, 5.41) is 9.94. The lowest BCUT2D eigenvalue weighted by Crippen LogP contribution is -2.48. The molecule has 6 nitrogen and oxygen atoms in total. The van der Waals surface area contributed by atoms with Crippen LogP contribution in [0.15, 0.2) is 36.4 Å². The first kappa shape index (κ1) is 23.7. The second kappa shape index (κ2) is 8.87. The van der Waals surface area contributed by atoms with Crippen LogP contribution < -0.4 is 4.90 Å². The minimum absolute atomic E-state index is 0.215. The van der Waals surface area contributed by atoms with Crippen LogP contribution in [0.3, 0.4) is 0 Å². The minimum Gasteiger partial charge on any atom is -0.392 e. The monoisotopic (exact) mass is 436 g/mol. The highest BCUT2D eigenvalue weighted by molar-refractivity contribution is 6.23. The van der Waals surface area contributed by atoms with Crippen molar-refractivity contribution in [3.8, 4) is 0 Å². The van der Waals surface area contributed by atoms with E-state index in [2.05, 4.69) is 13.8 Å². The molecule has 0 radical (unpaired) electrons. The highest BCUT2D eigenvalue weighted by Crippen LogP contribution is 2.35. The van der Waals surface area contributed by atoms with Crippen molar-refractivity contribution < 1.29 is 19.5 Å². The first-order valence-electron chi connectivity index (χ1n) is 11.1. The van der Waals surface area contributed by atoms with Crippen LogP contribution in [0.25, 0.3) is 0 Å². The molecule has 6 heteroatoms. The van der Waals surface area contributed by atoms with Gasteiger partial charge in [-0.25, -0.2) is 0 Å². The van der Waals surface area contributed by atoms with Gasteiger partial charge >= 0.3 is 0 Å². The van der Waals surface area contributed by atoms with Crippen molar-refractivity contribution in [2.75, 3.05) is 11.9 Å². The van der Waals surface area contributed by atoms with Gasteiger partial charge in [0, 0.05) is 23.8 Å². The maximum atomic E-state index is 13.3. The molecule has 3 rings (SSSR count). The molecular formula is C26H32N2O4. The van der Waals surface area contributed by atoms with Crippen molar-refractivity contribution in [2.45, 2.75) is 65.5 Å². The summed E-state index contributed by atoms with van der Waals surface area (Å²) in [4.78, 5) is 42.4. The number of rotatable bonds is 7. The zero-order chi connectivity index (χ0) is 23.8. The first-order chi connectivity index (χ1) is 15.1. The standard InChI is InChI=1S/C26H32N2O4/c1-7-26(5,8-2)28-24(31)21-13-18(15-29)20(14-22(21)25(28)32)23(30)27(6)19-11-9-17(10-12-19)16(3)4/h9-14,16,29H,7-8,15H2,1-6H3. The number of anilines is 1. The van der Waals surface area contributed by atoms with Crippen molar-refractivity contribution in [1.29, 1.82) is 0 Å². The molecule has 3 amide bonds. The Balaban J connectivity index is 2.01. The molecule has 170 valence electrons. The summed E-state index contributed by atoms with van der Waals surface area (Å²) in [5.41, 5.74) is 2.28. The van der Waals surface area contributed by atoms with Crippen LogP contribution in [0.2, 0.25) is 0 Å². The molecule has 1 aliphatic rings. The normalized spacial score (nSPS) is 13.7. The van der Waals surface area contributed by atoms with Crippen LogP contribution in [-0.2, 0) is 6.61 Å². The van der Waals surface area contributed by atoms with E-state index in [-0.39, 0.29) is 28.5 Å². The van der Waals surface area contributed by atoms with E-state index < -0.39 is 18.1 Å². The third kappa shape index (κ3) is 3.84. The Morgan fingerprint density at radius 2 is 1.56 bits per heavy atom.